The molecule has 0 amide bonds. The van der Waals surface area contributed by atoms with Crippen molar-refractivity contribution in [1.82, 2.24) is 10.3 Å². The fourth-order valence-corrected chi connectivity index (χ4v) is 2.61. The number of alkyl halides is 2. The average Bonchev–Trinajstić information content (AvgIpc) is 2.92. The zero-order chi connectivity index (χ0) is 14.5. The Morgan fingerprint density at radius 2 is 2.05 bits per heavy atom. The highest BCUT2D eigenvalue weighted by Gasteiger charge is 2.14. The minimum Gasteiger partial charge on any atom is -0.435 e. The van der Waals surface area contributed by atoms with Gasteiger partial charge >= 0.3 is 6.61 Å². The number of halogens is 2. The molecule has 0 spiro atoms. The molecule has 0 radical (unpaired) electrons. The van der Waals surface area contributed by atoms with Crippen molar-refractivity contribution in [2.75, 3.05) is 0 Å². The summed E-state index contributed by atoms with van der Waals surface area (Å²) >= 11 is 1.58. The summed E-state index contributed by atoms with van der Waals surface area (Å²) in [5.74, 6) is 0.174. The van der Waals surface area contributed by atoms with E-state index in [0.29, 0.717) is 0 Å². The Labute approximate surface area is 120 Å². The van der Waals surface area contributed by atoms with Crippen LogP contribution in [0.2, 0.25) is 0 Å². The van der Waals surface area contributed by atoms with Crippen LogP contribution in [-0.2, 0) is 0 Å². The van der Waals surface area contributed by atoms with Crippen LogP contribution in [0.15, 0.2) is 35.8 Å². The number of rotatable bonds is 6. The van der Waals surface area contributed by atoms with Gasteiger partial charge in [0.25, 0.3) is 0 Å². The van der Waals surface area contributed by atoms with E-state index in [4.69, 9.17) is 0 Å². The van der Waals surface area contributed by atoms with Crippen LogP contribution in [0.1, 0.15) is 36.5 Å². The molecular weight excluding hydrogens is 282 g/mol. The lowest BCUT2D eigenvalue weighted by atomic mass is 10.1. The lowest BCUT2D eigenvalue weighted by molar-refractivity contribution is -0.0499. The minimum atomic E-state index is -2.80. The number of thiazole rings is 1. The minimum absolute atomic E-state index is 0.00937. The molecule has 1 aromatic carbocycles. The molecule has 3 nitrogen and oxygen atoms in total. The molecule has 0 bridgehead atoms. The van der Waals surface area contributed by atoms with Crippen LogP contribution in [0.25, 0.3) is 0 Å². The van der Waals surface area contributed by atoms with E-state index in [1.54, 1.807) is 29.7 Å². The summed E-state index contributed by atoms with van der Waals surface area (Å²) in [6.45, 7) is 1.20. The SMILES string of the molecule is CC(NC(C)c1nccs1)c1cccc(OC(F)F)c1. The fraction of sp³-hybridized carbons (Fsp3) is 0.357. The smallest absolute Gasteiger partial charge is 0.387 e. The molecule has 1 heterocycles. The maximum Gasteiger partial charge on any atom is 0.387 e. The summed E-state index contributed by atoms with van der Waals surface area (Å²) in [5.41, 5.74) is 0.895. The zero-order valence-corrected chi connectivity index (χ0v) is 12.0. The van der Waals surface area contributed by atoms with Gasteiger partial charge in [0.15, 0.2) is 0 Å². The first-order chi connectivity index (χ1) is 9.56. The van der Waals surface area contributed by atoms with Crippen LogP contribution in [0, 0.1) is 0 Å². The summed E-state index contributed by atoms with van der Waals surface area (Å²) in [5, 5.41) is 6.31. The Bertz CT molecular complexity index is 534. The Morgan fingerprint density at radius 1 is 1.25 bits per heavy atom. The second-order valence-electron chi connectivity index (χ2n) is 4.43. The molecule has 2 atom stereocenters. The molecule has 108 valence electrons. The molecule has 2 rings (SSSR count). The molecule has 6 heteroatoms. The van der Waals surface area contributed by atoms with E-state index in [-0.39, 0.29) is 17.8 Å². The first kappa shape index (κ1) is 14.9. The highest BCUT2D eigenvalue weighted by Crippen LogP contribution is 2.24. The molecule has 0 saturated carbocycles. The maximum atomic E-state index is 12.2. The van der Waals surface area contributed by atoms with Gasteiger partial charge in [0, 0.05) is 17.6 Å². The highest BCUT2D eigenvalue weighted by atomic mass is 32.1. The summed E-state index contributed by atoms with van der Waals surface area (Å²) in [6, 6.07) is 6.84. The number of hydrogen-bond donors (Lipinski definition) is 1. The van der Waals surface area contributed by atoms with E-state index in [2.05, 4.69) is 15.0 Å². The summed E-state index contributed by atoms with van der Waals surface area (Å²) in [6.07, 6.45) is 1.76. The van der Waals surface area contributed by atoms with Crippen LogP contribution in [0.3, 0.4) is 0 Å². The van der Waals surface area contributed by atoms with Crippen molar-refractivity contribution in [2.45, 2.75) is 32.5 Å². The van der Waals surface area contributed by atoms with Gasteiger partial charge in [-0.05, 0) is 31.5 Å². The van der Waals surface area contributed by atoms with Crippen LogP contribution in [0.4, 0.5) is 8.78 Å². The maximum absolute atomic E-state index is 12.2. The number of nitrogens with one attached hydrogen (secondary N) is 1. The fourth-order valence-electron chi connectivity index (χ4n) is 1.95. The van der Waals surface area contributed by atoms with Crippen LogP contribution < -0.4 is 10.1 Å². The second-order valence-corrected chi connectivity index (χ2v) is 5.36. The van der Waals surface area contributed by atoms with E-state index in [1.807, 2.05) is 25.3 Å². The average molecular weight is 298 g/mol. The lowest BCUT2D eigenvalue weighted by Gasteiger charge is -2.19. The molecular formula is C14H16F2N2OS. The number of aromatic nitrogens is 1. The van der Waals surface area contributed by atoms with Crippen molar-refractivity contribution in [2.24, 2.45) is 0 Å². The monoisotopic (exact) mass is 298 g/mol. The van der Waals surface area contributed by atoms with E-state index < -0.39 is 6.61 Å². The van der Waals surface area contributed by atoms with E-state index >= 15 is 0 Å². The third kappa shape index (κ3) is 3.98. The molecule has 0 saturated heterocycles. The van der Waals surface area contributed by atoms with Crippen molar-refractivity contribution in [1.29, 1.82) is 0 Å². The first-order valence-electron chi connectivity index (χ1n) is 6.26. The quantitative estimate of drug-likeness (QED) is 0.869. The molecule has 0 aliphatic rings. The standard InChI is InChI=1S/C14H16F2N2OS/c1-9(18-10(2)13-17-6-7-20-13)11-4-3-5-12(8-11)19-14(15)16/h3-10,14,18H,1-2H3. The molecule has 0 aliphatic heterocycles. The number of ether oxygens (including phenoxy) is 1. The van der Waals surface area contributed by atoms with Gasteiger partial charge in [0.2, 0.25) is 0 Å². The molecule has 1 aromatic heterocycles. The number of nitrogens with zero attached hydrogens (tertiary/aromatic N) is 1. The largest absolute Gasteiger partial charge is 0.435 e. The highest BCUT2D eigenvalue weighted by molar-refractivity contribution is 7.09. The molecule has 2 unspecified atom stereocenters. The van der Waals surface area contributed by atoms with Crippen molar-refractivity contribution in [3.05, 3.63) is 46.4 Å². The third-order valence-corrected chi connectivity index (χ3v) is 3.86. The summed E-state index contributed by atoms with van der Waals surface area (Å²) in [4.78, 5) is 4.25. The lowest BCUT2D eigenvalue weighted by Crippen LogP contribution is -2.22. The van der Waals surface area contributed by atoms with Gasteiger partial charge in [-0.1, -0.05) is 12.1 Å². The van der Waals surface area contributed by atoms with Gasteiger partial charge < -0.3 is 10.1 Å². The number of hydrogen-bond acceptors (Lipinski definition) is 4. The Hall–Kier alpha value is -1.53. The van der Waals surface area contributed by atoms with Crippen LogP contribution in [0.5, 0.6) is 5.75 Å². The topological polar surface area (TPSA) is 34.2 Å². The van der Waals surface area contributed by atoms with Crippen molar-refractivity contribution < 1.29 is 13.5 Å². The van der Waals surface area contributed by atoms with Crippen LogP contribution >= 0.6 is 11.3 Å². The Balaban J connectivity index is 2.03. The molecule has 0 fully saturated rings. The molecule has 20 heavy (non-hydrogen) atoms. The second kappa shape index (κ2) is 6.76. The predicted octanol–water partition coefficient (Wildman–Crippen LogP) is 4.16. The van der Waals surface area contributed by atoms with Gasteiger partial charge in [-0.3, -0.25) is 0 Å². The van der Waals surface area contributed by atoms with E-state index in [0.717, 1.165) is 10.6 Å². The zero-order valence-electron chi connectivity index (χ0n) is 11.2. The van der Waals surface area contributed by atoms with Gasteiger partial charge in [-0.2, -0.15) is 8.78 Å². The van der Waals surface area contributed by atoms with Crippen LogP contribution in [-0.4, -0.2) is 11.6 Å². The Kier molecular flexibility index (Phi) is 5.03. The van der Waals surface area contributed by atoms with Gasteiger partial charge in [0.05, 0.1) is 6.04 Å². The predicted molar refractivity (Wildman–Crippen MR) is 75.2 cm³/mol. The molecule has 2 aromatic rings. The van der Waals surface area contributed by atoms with E-state index in [1.165, 1.54) is 6.07 Å². The van der Waals surface area contributed by atoms with Crippen molar-refractivity contribution in [3.8, 4) is 5.75 Å². The first-order valence-corrected chi connectivity index (χ1v) is 7.14. The molecule has 1 N–H and O–H groups in total. The molecule has 0 aliphatic carbocycles. The van der Waals surface area contributed by atoms with Crippen molar-refractivity contribution in [3.63, 3.8) is 0 Å². The van der Waals surface area contributed by atoms with Crippen molar-refractivity contribution >= 4 is 11.3 Å². The Morgan fingerprint density at radius 3 is 2.70 bits per heavy atom. The summed E-state index contributed by atoms with van der Waals surface area (Å²) in [7, 11) is 0. The van der Waals surface area contributed by atoms with E-state index in [9.17, 15) is 8.78 Å². The van der Waals surface area contributed by atoms with Gasteiger partial charge in [0.1, 0.15) is 10.8 Å². The summed E-state index contributed by atoms with van der Waals surface area (Å²) < 4.78 is 28.8. The van der Waals surface area contributed by atoms with Gasteiger partial charge in [-0.25, -0.2) is 4.98 Å². The normalized spacial score (nSPS) is 14.2. The van der Waals surface area contributed by atoms with Gasteiger partial charge in [-0.15, -0.1) is 11.3 Å². The third-order valence-electron chi connectivity index (χ3n) is 2.91. The number of benzene rings is 1.